The predicted molar refractivity (Wildman–Crippen MR) is 113 cm³/mol. The van der Waals surface area contributed by atoms with Crippen LogP contribution in [0.4, 0.5) is 4.79 Å². The van der Waals surface area contributed by atoms with Crippen LogP contribution in [0.2, 0.25) is 0 Å². The van der Waals surface area contributed by atoms with Crippen molar-refractivity contribution in [3.05, 3.63) is 35.9 Å². The van der Waals surface area contributed by atoms with Crippen LogP contribution in [-0.4, -0.2) is 46.9 Å². The SMILES string of the molecule is CCC[C@H](NC(=O)OC(C)(C)C)C(O)CC(=O)NC(C)C(=O)OCc1ccccc1. The van der Waals surface area contributed by atoms with E-state index < -0.39 is 41.8 Å². The van der Waals surface area contributed by atoms with E-state index in [-0.39, 0.29) is 13.0 Å². The lowest BCUT2D eigenvalue weighted by atomic mass is 10.0. The van der Waals surface area contributed by atoms with E-state index in [0.717, 1.165) is 5.56 Å². The summed E-state index contributed by atoms with van der Waals surface area (Å²) in [6.45, 7) is 8.75. The molecule has 0 saturated heterocycles. The average molecular weight is 423 g/mol. The Hall–Kier alpha value is -2.61. The minimum atomic E-state index is -1.12. The van der Waals surface area contributed by atoms with Crippen molar-refractivity contribution in [2.75, 3.05) is 0 Å². The van der Waals surface area contributed by atoms with Gasteiger partial charge in [0, 0.05) is 0 Å². The van der Waals surface area contributed by atoms with Gasteiger partial charge in [0.25, 0.3) is 0 Å². The summed E-state index contributed by atoms with van der Waals surface area (Å²) in [6, 6.07) is 7.70. The molecule has 8 nitrogen and oxygen atoms in total. The zero-order valence-electron chi connectivity index (χ0n) is 18.4. The number of ether oxygens (including phenoxy) is 2. The third-order valence-corrected chi connectivity index (χ3v) is 4.12. The Labute approximate surface area is 178 Å². The lowest BCUT2D eigenvalue weighted by Crippen LogP contribution is -2.48. The van der Waals surface area contributed by atoms with Gasteiger partial charge in [-0.05, 0) is 39.7 Å². The molecular formula is C22H34N2O6. The number of hydrogen-bond acceptors (Lipinski definition) is 6. The van der Waals surface area contributed by atoms with E-state index in [0.29, 0.717) is 12.8 Å². The Bertz CT molecular complexity index is 687. The second-order valence-corrected chi connectivity index (χ2v) is 8.20. The van der Waals surface area contributed by atoms with Gasteiger partial charge in [-0.2, -0.15) is 0 Å². The predicted octanol–water partition coefficient (Wildman–Crippen LogP) is 2.68. The first kappa shape index (κ1) is 25.4. The molecular weight excluding hydrogens is 388 g/mol. The molecule has 0 radical (unpaired) electrons. The minimum Gasteiger partial charge on any atom is -0.459 e. The molecule has 0 aromatic heterocycles. The molecule has 0 fully saturated rings. The van der Waals surface area contributed by atoms with Gasteiger partial charge < -0.3 is 25.2 Å². The van der Waals surface area contributed by atoms with Crippen LogP contribution in [0.5, 0.6) is 0 Å². The van der Waals surface area contributed by atoms with Crippen molar-refractivity contribution >= 4 is 18.0 Å². The van der Waals surface area contributed by atoms with Crippen molar-refractivity contribution in [3.8, 4) is 0 Å². The summed E-state index contributed by atoms with van der Waals surface area (Å²) in [5, 5.41) is 15.5. The fraction of sp³-hybridized carbons (Fsp3) is 0.591. The molecule has 3 atom stereocenters. The molecule has 0 bridgehead atoms. The molecule has 0 aliphatic carbocycles. The first-order valence-electron chi connectivity index (χ1n) is 10.2. The molecule has 0 heterocycles. The molecule has 0 aliphatic heterocycles. The summed E-state index contributed by atoms with van der Waals surface area (Å²) >= 11 is 0. The summed E-state index contributed by atoms with van der Waals surface area (Å²) in [5.74, 6) is -1.09. The van der Waals surface area contributed by atoms with E-state index in [1.165, 1.54) is 6.92 Å². The van der Waals surface area contributed by atoms with Crippen LogP contribution in [0.25, 0.3) is 0 Å². The monoisotopic (exact) mass is 422 g/mol. The van der Waals surface area contributed by atoms with Gasteiger partial charge in [0.1, 0.15) is 18.2 Å². The van der Waals surface area contributed by atoms with Gasteiger partial charge in [0.2, 0.25) is 5.91 Å². The van der Waals surface area contributed by atoms with Crippen LogP contribution < -0.4 is 10.6 Å². The third kappa shape index (κ3) is 10.2. The third-order valence-electron chi connectivity index (χ3n) is 4.12. The highest BCUT2D eigenvalue weighted by Gasteiger charge is 2.27. The largest absolute Gasteiger partial charge is 0.459 e. The second-order valence-electron chi connectivity index (χ2n) is 8.20. The number of aliphatic hydroxyl groups excluding tert-OH is 1. The number of amides is 2. The van der Waals surface area contributed by atoms with E-state index in [9.17, 15) is 19.5 Å². The minimum absolute atomic E-state index is 0.112. The topological polar surface area (TPSA) is 114 Å². The van der Waals surface area contributed by atoms with Crippen molar-refractivity contribution in [2.24, 2.45) is 0 Å². The highest BCUT2D eigenvalue weighted by Crippen LogP contribution is 2.11. The number of carbonyl (C=O) groups is 3. The van der Waals surface area contributed by atoms with Crippen LogP contribution in [0, 0.1) is 0 Å². The first-order valence-corrected chi connectivity index (χ1v) is 10.2. The Balaban J connectivity index is 2.50. The molecule has 0 aliphatic rings. The summed E-state index contributed by atoms with van der Waals surface area (Å²) in [5.41, 5.74) is 0.175. The van der Waals surface area contributed by atoms with Gasteiger partial charge >= 0.3 is 12.1 Å². The fourth-order valence-electron chi connectivity index (χ4n) is 2.68. The number of carbonyl (C=O) groups excluding carboxylic acids is 3. The van der Waals surface area contributed by atoms with Crippen LogP contribution in [0.15, 0.2) is 30.3 Å². The van der Waals surface area contributed by atoms with Crippen molar-refractivity contribution in [3.63, 3.8) is 0 Å². The van der Waals surface area contributed by atoms with Crippen molar-refractivity contribution in [1.29, 1.82) is 0 Å². The number of hydrogen-bond donors (Lipinski definition) is 3. The Morgan fingerprint density at radius 1 is 1.10 bits per heavy atom. The standard InChI is InChI=1S/C22H34N2O6/c1-6-10-17(24-21(28)30-22(3,4)5)18(25)13-19(26)23-15(2)20(27)29-14-16-11-8-7-9-12-16/h7-9,11-12,15,17-18,25H,6,10,13-14H2,1-5H3,(H,23,26)(H,24,28)/t15?,17-,18?/m0/s1. The van der Waals surface area contributed by atoms with Crippen LogP contribution >= 0.6 is 0 Å². The van der Waals surface area contributed by atoms with Gasteiger partial charge in [-0.1, -0.05) is 43.7 Å². The van der Waals surface area contributed by atoms with Gasteiger partial charge in [-0.3, -0.25) is 4.79 Å². The lowest BCUT2D eigenvalue weighted by Gasteiger charge is -2.26. The van der Waals surface area contributed by atoms with E-state index in [2.05, 4.69) is 10.6 Å². The Morgan fingerprint density at radius 3 is 2.30 bits per heavy atom. The number of esters is 1. The van der Waals surface area contributed by atoms with Crippen molar-refractivity contribution < 1.29 is 29.0 Å². The molecule has 2 unspecified atom stereocenters. The molecule has 1 rings (SSSR count). The highest BCUT2D eigenvalue weighted by molar-refractivity contribution is 5.84. The number of rotatable bonds is 10. The lowest BCUT2D eigenvalue weighted by molar-refractivity contribution is -0.148. The maximum Gasteiger partial charge on any atom is 0.407 e. The molecule has 0 spiro atoms. The number of benzene rings is 1. The highest BCUT2D eigenvalue weighted by atomic mass is 16.6. The number of aliphatic hydroxyl groups is 1. The van der Waals surface area contributed by atoms with Crippen LogP contribution in [-0.2, 0) is 25.7 Å². The van der Waals surface area contributed by atoms with Crippen molar-refractivity contribution in [1.82, 2.24) is 10.6 Å². The maximum atomic E-state index is 12.2. The number of nitrogens with one attached hydrogen (secondary N) is 2. The van der Waals surface area contributed by atoms with Crippen LogP contribution in [0.1, 0.15) is 59.4 Å². The summed E-state index contributed by atoms with van der Waals surface area (Å²) in [4.78, 5) is 36.3. The first-order chi connectivity index (χ1) is 14.0. The van der Waals surface area contributed by atoms with Gasteiger partial charge in [-0.25, -0.2) is 9.59 Å². The Morgan fingerprint density at radius 2 is 1.73 bits per heavy atom. The van der Waals surface area contributed by atoms with E-state index in [4.69, 9.17) is 9.47 Å². The molecule has 3 N–H and O–H groups in total. The molecule has 2 amide bonds. The quantitative estimate of drug-likeness (QED) is 0.500. The Kier molecular flexibility index (Phi) is 10.3. The molecule has 30 heavy (non-hydrogen) atoms. The average Bonchev–Trinajstić information content (AvgIpc) is 2.64. The second kappa shape index (κ2) is 12.2. The summed E-state index contributed by atoms with van der Waals surface area (Å²) < 4.78 is 10.4. The zero-order valence-corrected chi connectivity index (χ0v) is 18.4. The zero-order chi connectivity index (χ0) is 22.7. The molecule has 1 aromatic carbocycles. The van der Waals surface area contributed by atoms with E-state index in [1.54, 1.807) is 20.8 Å². The number of alkyl carbamates (subject to hydrolysis) is 1. The van der Waals surface area contributed by atoms with Gasteiger partial charge in [0.15, 0.2) is 0 Å². The van der Waals surface area contributed by atoms with Crippen molar-refractivity contribution in [2.45, 2.75) is 84.3 Å². The summed E-state index contributed by atoms with van der Waals surface area (Å²) in [6.07, 6.45) is -0.871. The van der Waals surface area contributed by atoms with E-state index >= 15 is 0 Å². The van der Waals surface area contributed by atoms with Gasteiger partial charge in [-0.15, -0.1) is 0 Å². The maximum absolute atomic E-state index is 12.2. The molecule has 8 heteroatoms. The smallest absolute Gasteiger partial charge is 0.407 e. The van der Waals surface area contributed by atoms with Crippen LogP contribution in [0.3, 0.4) is 0 Å². The molecule has 1 aromatic rings. The summed E-state index contributed by atoms with van der Waals surface area (Å²) in [7, 11) is 0. The molecule has 168 valence electrons. The van der Waals surface area contributed by atoms with Gasteiger partial charge in [0.05, 0.1) is 18.6 Å². The van der Waals surface area contributed by atoms with E-state index in [1.807, 2.05) is 37.3 Å². The molecule has 0 saturated carbocycles. The normalized spacial score (nSPS) is 14.2. The fourth-order valence-corrected chi connectivity index (χ4v) is 2.68.